The van der Waals surface area contributed by atoms with E-state index in [1.165, 1.54) is 5.56 Å². The molecule has 0 aliphatic carbocycles. The smallest absolute Gasteiger partial charge is 0.0890 e. The average Bonchev–Trinajstić information content (AvgIpc) is 2.54. The van der Waals surface area contributed by atoms with Crippen molar-refractivity contribution >= 4 is 27.5 Å². The SMILES string of the molecule is Cc1ccc(N(C)C)c(CS(=O)Cc2cnc3ccccc3n2)c1. The number of benzene rings is 2. The lowest BCUT2D eigenvalue weighted by molar-refractivity contribution is 0.681. The molecule has 3 aromatic rings. The molecule has 124 valence electrons. The molecule has 0 amide bonds. The minimum Gasteiger partial charge on any atom is -0.377 e. The maximum absolute atomic E-state index is 12.6. The van der Waals surface area contributed by atoms with Crippen molar-refractivity contribution in [1.82, 2.24) is 9.97 Å². The van der Waals surface area contributed by atoms with Crippen molar-refractivity contribution < 1.29 is 4.21 Å². The van der Waals surface area contributed by atoms with E-state index in [9.17, 15) is 4.21 Å². The maximum atomic E-state index is 12.6. The summed E-state index contributed by atoms with van der Waals surface area (Å²) in [7, 11) is 2.98. The average molecular weight is 339 g/mol. The molecule has 0 radical (unpaired) electrons. The number of anilines is 1. The van der Waals surface area contributed by atoms with E-state index in [1.807, 2.05) is 38.4 Å². The van der Waals surface area contributed by atoms with E-state index in [4.69, 9.17) is 0 Å². The lowest BCUT2D eigenvalue weighted by atomic mass is 10.1. The van der Waals surface area contributed by atoms with Crippen LogP contribution in [0.1, 0.15) is 16.8 Å². The van der Waals surface area contributed by atoms with Crippen molar-refractivity contribution in [3.8, 4) is 0 Å². The first-order valence-electron chi connectivity index (χ1n) is 7.85. The normalized spacial score (nSPS) is 12.3. The maximum Gasteiger partial charge on any atom is 0.0890 e. The molecule has 4 nitrogen and oxygen atoms in total. The topological polar surface area (TPSA) is 46.1 Å². The molecule has 0 saturated heterocycles. The largest absolute Gasteiger partial charge is 0.377 e. The second-order valence-electron chi connectivity index (χ2n) is 6.11. The Balaban J connectivity index is 1.79. The van der Waals surface area contributed by atoms with Crippen molar-refractivity contribution in [2.75, 3.05) is 19.0 Å². The van der Waals surface area contributed by atoms with Gasteiger partial charge in [-0.25, -0.2) is 4.98 Å². The highest BCUT2D eigenvalue weighted by molar-refractivity contribution is 7.83. The number of rotatable bonds is 5. The molecule has 5 heteroatoms. The summed E-state index contributed by atoms with van der Waals surface area (Å²) in [4.78, 5) is 11.0. The third-order valence-corrected chi connectivity index (χ3v) is 5.09. The molecule has 24 heavy (non-hydrogen) atoms. The van der Waals surface area contributed by atoms with Crippen LogP contribution in [0.25, 0.3) is 11.0 Å². The van der Waals surface area contributed by atoms with Crippen molar-refractivity contribution in [2.24, 2.45) is 0 Å². The van der Waals surface area contributed by atoms with Crippen LogP contribution in [0.3, 0.4) is 0 Å². The van der Waals surface area contributed by atoms with E-state index in [-0.39, 0.29) is 0 Å². The number of fused-ring (bicyclic) bond motifs is 1. The van der Waals surface area contributed by atoms with E-state index in [1.54, 1.807) is 6.20 Å². The van der Waals surface area contributed by atoms with Crippen molar-refractivity contribution in [2.45, 2.75) is 18.4 Å². The van der Waals surface area contributed by atoms with Crippen LogP contribution < -0.4 is 4.90 Å². The number of hydrogen-bond donors (Lipinski definition) is 0. The Morgan fingerprint density at radius 1 is 1.04 bits per heavy atom. The van der Waals surface area contributed by atoms with E-state index < -0.39 is 10.8 Å². The summed E-state index contributed by atoms with van der Waals surface area (Å²) in [6.07, 6.45) is 1.73. The minimum absolute atomic E-state index is 0.415. The Kier molecular flexibility index (Phi) is 4.90. The van der Waals surface area contributed by atoms with Gasteiger partial charge in [-0.1, -0.05) is 29.8 Å². The summed E-state index contributed by atoms with van der Waals surface area (Å²) in [5.41, 5.74) is 5.87. The van der Waals surface area contributed by atoms with Gasteiger partial charge in [-0.05, 0) is 30.7 Å². The zero-order chi connectivity index (χ0) is 17.1. The number of para-hydroxylation sites is 2. The molecule has 1 atom stereocenters. The van der Waals surface area contributed by atoms with Gasteiger partial charge >= 0.3 is 0 Å². The predicted molar refractivity (Wildman–Crippen MR) is 101 cm³/mol. The van der Waals surface area contributed by atoms with Crippen LogP contribution in [0, 0.1) is 6.92 Å². The zero-order valence-electron chi connectivity index (χ0n) is 14.2. The molecule has 0 saturated carbocycles. The Labute approximate surface area is 145 Å². The van der Waals surface area contributed by atoms with Gasteiger partial charge < -0.3 is 4.90 Å². The highest BCUT2D eigenvalue weighted by atomic mass is 32.2. The van der Waals surface area contributed by atoms with Crippen molar-refractivity contribution in [3.63, 3.8) is 0 Å². The Morgan fingerprint density at radius 3 is 2.54 bits per heavy atom. The molecule has 0 bridgehead atoms. The molecule has 3 rings (SSSR count). The Bertz CT molecular complexity index is 893. The van der Waals surface area contributed by atoms with Crippen LogP contribution in [0.4, 0.5) is 5.69 Å². The second kappa shape index (κ2) is 7.09. The molecule has 0 aliphatic heterocycles. The first-order valence-corrected chi connectivity index (χ1v) is 9.34. The molecule has 1 heterocycles. The highest BCUT2D eigenvalue weighted by Gasteiger charge is 2.11. The van der Waals surface area contributed by atoms with E-state index >= 15 is 0 Å². The van der Waals surface area contributed by atoms with Crippen LogP contribution >= 0.6 is 0 Å². The third-order valence-electron chi connectivity index (χ3n) is 3.84. The van der Waals surface area contributed by atoms with E-state index in [0.29, 0.717) is 11.5 Å². The van der Waals surface area contributed by atoms with Crippen LogP contribution in [0.5, 0.6) is 0 Å². The summed E-state index contributed by atoms with van der Waals surface area (Å²) in [6, 6.07) is 14.0. The molecule has 1 aromatic heterocycles. The van der Waals surface area contributed by atoms with Gasteiger partial charge in [-0.3, -0.25) is 9.19 Å². The number of hydrogen-bond acceptors (Lipinski definition) is 4. The second-order valence-corrected chi connectivity index (χ2v) is 7.56. The predicted octanol–water partition coefficient (Wildman–Crippen LogP) is 3.45. The van der Waals surface area contributed by atoms with Crippen LogP contribution in [0.15, 0.2) is 48.7 Å². The standard InChI is InChI=1S/C19H21N3OS/c1-14-8-9-19(22(2)3)15(10-14)12-24(23)13-16-11-20-17-6-4-5-7-18(17)21-16/h4-11H,12-13H2,1-3H3. The number of nitrogens with zero attached hydrogens (tertiary/aromatic N) is 3. The zero-order valence-corrected chi connectivity index (χ0v) is 15.0. The van der Waals surface area contributed by atoms with Gasteiger partial charge in [0, 0.05) is 30.6 Å². The van der Waals surface area contributed by atoms with Gasteiger partial charge in [-0.2, -0.15) is 0 Å². The molecule has 0 aliphatic rings. The lowest BCUT2D eigenvalue weighted by Gasteiger charge is -2.18. The molecule has 0 fully saturated rings. The lowest BCUT2D eigenvalue weighted by Crippen LogP contribution is -2.13. The van der Waals surface area contributed by atoms with Crippen LogP contribution in [-0.4, -0.2) is 28.3 Å². The van der Waals surface area contributed by atoms with Gasteiger partial charge in [0.05, 0.1) is 34.4 Å². The van der Waals surface area contributed by atoms with Crippen LogP contribution in [-0.2, 0) is 22.3 Å². The summed E-state index contributed by atoms with van der Waals surface area (Å²) >= 11 is 0. The summed E-state index contributed by atoms with van der Waals surface area (Å²) in [5.74, 6) is 0.933. The Hall–Kier alpha value is -2.27. The monoisotopic (exact) mass is 339 g/mol. The van der Waals surface area contributed by atoms with Gasteiger partial charge in [-0.15, -0.1) is 0 Å². The molecular weight excluding hydrogens is 318 g/mol. The van der Waals surface area contributed by atoms with Crippen molar-refractivity contribution in [3.05, 3.63) is 65.5 Å². The molecular formula is C19H21N3OS. The Morgan fingerprint density at radius 2 is 1.79 bits per heavy atom. The summed E-state index contributed by atoms with van der Waals surface area (Å²) in [6.45, 7) is 2.06. The van der Waals surface area contributed by atoms with Gasteiger partial charge in [0.1, 0.15) is 0 Å². The molecule has 2 aromatic carbocycles. The van der Waals surface area contributed by atoms with Gasteiger partial charge in [0.15, 0.2) is 0 Å². The fourth-order valence-electron chi connectivity index (χ4n) is 2.72. The fraction of sp³-hybridized carbons (Fsp3) is 0.263. The summed E-state index contributed by atoms with van der Waals surface area (Å²) < 4.78 is 12.6. The van der Waals surface area contributed by atoms with Gasteiger partial charge in [0.2, 0.25) is 0 Å². The number of aromatic nitrogens is 2. The first kappa shape index (κ1) is 16.6. The first-order chi connectivity index (χ1) is 11.5. The summed E-state index contributed by atoms with van der Waals surface area (Å²) in [5, 5.41) is 0. The van der Waals surface area contributed by atoms with E-state index in [2.05, 4.69) is 40.0 Å². The highest BCUT2D eigenvalue weighted by Crippen LogP contribution is 2.22. The quantitative estimate of drug-likeness (QED) is 0.714. The minimum atomic E-state index is -1.03. The molecule has 0 spiro atoms. The molecule has 0 N–H and O–H groups in total. The van der Waals surface area contributed by atoms with Crippen LogP contribution in [0.2, 0.25) is 0 Å². The van der Waals surface area contributed by atoms with E-state index in [0.717, 1.165) is 28.0 Å². The third kappa shape index (κ3) is 3.79. The van der Waals surface area contributed by atoms with Gasteiger partial charge in [0.25, 0.3) is 0 Å². The fourth-order valence-corrected chi connectivity index (χ4v) is 3.87. The molecule has 1 unspecified atom stereocenters. The number of aryl methyl sites for hydroxylation is 1. The van der Waals surface area contributed by atoms with Crippen molar-refractivity contribution in [1.29, 1.82) is 0 Å².